The van der Waals surface area contributed by atoms with Gasteiger partial charge in [-0.25, -0.2) is 0 Å². The van der Waals surface area contributed by atoms with Crippen LogP contribution in [-0.2, 0) is 11.3 Å². The van der Waals surface area contributed by atoms with E-state index in [0.29, 0.717) is 18.4 Å². The summed E-state index contributed by atoms with van der Waals surface area (Å²) in [6.07, 6.45) is 3.78. The molecule has 2 aromatic rings. The lowest BCUT2D eigenvalue weighted by molar-refractivity contribution is -0.0398. The van der Waals surface area contributed by atoms with E-state index in [0.717, 1.165) is 24.2 Å². The molecule has 3 heterocycles. The molecule has 0 saturated carbocycles. The summed E-state index contributed by atoms with van der Waals surface area (Å²) >= 11 is 3.43. The minimum Gasteiger partial charge on any atom is -0.423 e. The van der Waals surface area contributed by atoms with Crippen molar-refractivity contribution in [1.29, 1.82) is 0 Å². The molecule has 0 amide bonds. The van der Waals surface area contributed by atoms with Gasteiger partial charge in [0.1, 0.15) is 6.04 Å². The highest BCUT2D eigenvalue weighted by molar-refractivity contribution is 9.10. The fourth-order valence-electron chi connectivity index (χ4n) is 2.79. The van der Waals surface area contributed by atoms with Crippen LogP contribution in [-0.4, -0.2) is 50.7 Å². The van der Waals surface area contributed by atoms with Crippen molar-refractivity contribution in [3.63, 3.8) is 0 Å². The largest absolute Gasteiger partial charge is 0.423 e. The predicted molar refractivity (Wildman–Crippen MR) is 88.0 cm³/mol. The lowest BCUT2D eigenvalue weighted by atomic mass is 10.1. The normalized spacial score (nSPS) is 21.0. The lowest BCUT2D eigenvalue weighted by Crippen LogP contribution is -2.46. The minimum absolute atomic E-state index is 0.00208. The van der Waals surface area contributed by atoms with Gasteiger partial charge in [0, 0.05) is 24.7 Å². The van der Waals surface area contributed by atoms with E-state index < -0.39 is 0 Å². The maximum atomic E-state index is 5.85. The second kappa shape index (κ2) is 7.11. The summed E-state index contributed by atoms with van der Waals surface area (Å²) in [6, 6.07) is 0.280. The first-order valence-corrected chi connectivity index (χ1v) is 8.68. The summed E-state index contributed by atoms with van der Waals surface area (Å²) in [5.41, 5.74) is 0. The van der Waals surface area contributed by atoms with Crippen LogP contribution in [0.25, 0.3) is 0 Å². The summed E-state index contributed by atoms with van der Waals surface area (Å²) in [4.78, 5) is 2.36. The van der Waals surface area contributed by atoms with Gasteiger partial charge >= 0.3 is 0 Å². The van der Waals surface area contributed by atoms with Crippen LogP contribution in [0.15, 0.2) is 21.3 Å². The molecule has 0 spiro atoms. The number of rotatable bonds is 5. The van der Waals surface area contributed by atoms with Gasteiger partial charge in [-0.15, -0.1) is 10.2 Å². The first-order chi connectivity index (χ1) is 11.0. The number of aromatic nitrogens is 4. The van der Waals surface area contributed by atoms with E-state index in [1.54, 1.807) is 6.20 Å². The summed E-state index contributed by atoms with van der Waals surface area (Å²) in [5, 5.41) is 12.7. The molecule has 2 aromatic heterocycles. The van der Waals surface area contributed by atoms with Crippen molar-refractivity contribution in [2.45, 2.75) is 45.3 Å². The van der Waals surface area contributed by atoms with Crippen molar-refractivity contribution in [3.8, 4) is 0 Å². The zero-order valence-electron chi connectivity index (χ0n) is 13.6. The van der Waals surface area contributed by atoms with Crippen LogP contribution in [0.4, 0.5) is 0 Å². The fraction of sp³-hybridized carbons (Fsp3) is 0.667. The molecule has 3 rings (SSSR count). The third-order valence-corrected chi connectivity index (χ3v) is 4.43. The Labute approximate surface area is 144 Å². The summed E-state index contributed by atoms with van der Waals surface area (Å²) in [6.45, 7) is 9.21. The number of halogens is 1. The zero-order valence-corrected chi connectivity index (χ0v) is 15.2. The van der Waals surface area contributed by atoms with E-state index in [9.17, 15) is 0 Å². The standard InChI is InChI=1S/C15H22BrN5O2/c1-10(2)14-18-19-15(23-14)13-9-22-5-4-21(13)11(3)7-20-8-12(16)6-17-20/h6,8,10-11,13H,4-5,7,9H2,1-3H3. The van der Waals surface area contributed by atoms with Gasteiger partial charge in [-0.3, -0.25) is 9.58 Å². The van der Waals surface area contributed by atoms with Gasteiger partial charge in [-0.05, 0) is 22.9 Å². The van der Waals surface area contributed by atoms with Gasteiger partial charge in [-0.1, -0.05) is 13.8 Å². The van der Waals surface area contributed by atoms with Crippen molar-refractivity contribution < 1.29 is 9.15 Å². The van der Waals surface area contributed by atoms with Crippen LogP contribution < -0.4 is 0 Å². The van der Waals surface area contributed by atoms with E-state index in [1.165, 1.54) is 0 Å². The van der Waals surface area contributed by atoms with Gasteiger partial charge in [0.2, 0.25) is 11.8 Å². The smallest absolute Gasteiger partial charge is 0.236 e. The highest BCUT2D eigenvalue weighted by atomic mass is 79.9. The molecule has 0 bridgehead atoms. The van der Waals surface area contributed by atoms with Crippen LogP contribution in [0.5, 0.6) is 0 Å². The Morgan fingerprint density at radius 1 is 1.35 bits per heavy atom. The molecule has 8 heteroatoms. The monoisotopic (exact) mass is 383 g/mol. The van der Waals surface area contributed by atoms with Crippen molar-refractivity contribution >= 4 is 15.9 Å². The van der Waals surface area contributed by atoms with E-state index in [4.69, 9.17) is 9.15 Å². The van der Waals surface area contributed by atoms with Gasteiger partial charge in [0.25, 0.3) is 0 Å². The summed E-state index contributed by atoms with van der Waals surface area (Å²) < 4.78 is 14.4. The topological polar surface area (TPSA) is 69.2 Å². The molecule has 0 aromatic carbocycles. The molecule has 1 aliphatic rings. The van der Waals surface area contributed by atoms with E-state index in [-0.39, 0.29) is 18.0 Å². The molecule has 1 fully saturated rings. The second-order valence-corrected chi connectivity index (χ2v) is 7.11. The van der Waals surface area contributed by atoms with Crippen LogP contribution >= 0.6 is 15.9 Å². The number of morpholine rings is 1. The molecule has 0 aliphatic carbocycles. The molecule has 2 unspecified atom stereocenters. The van der Waals surface area contributed by atoms with Crippen LogP contribution in [0.3, 0.4) is 0 Å². The van der Waals surface area contributed by atoms with Crippen LogP contribution in [0, 0.1) is 0 Å². The van der Waals surface area contributed by atoms with E-state index in [2.05, 4.69) is 43.0 Å². The van der Waals surface area contributed by atoms with Crippen molar-refractivity contribution in [3.05, 3.63) is 28.6 Å². The van der Waals surface area contributed by atoms with Crippen LogP contribution in [0.1, 0.15) is 44.5 Å². The molecule has 126 valence electrons. The Morgan fingerprint density at radius 3 is 2.83 bits per heavy atom. The van der Waals surface area contributed by atoms with E-state index in [1.807, 2.05) is 24.7 Å². The van der Waals surface area contributed by atoms with Crippen molar-refractivity contribution in [2.75, 3.05) is 19.8 Å². The molecule has 2 atom stereocenters. The zero-order chi connectivity index (χ0) is 16.4. The Kier molecular flexibility index (Phi) is 5.13. The minimum atomic E-state index is -0.00208. The molecule has 23 heavy (non-hydrogen) atoms. The Bertz CT molecular complexity index is 641. The Balaban J connectivity index is 1.74. The first kappa shape index (κ1) is 16.6. The quantitative estimate of drug-likeness (QED) is 0.790. The number of ether oxygens (including phenoxy) is 1. The average molecular weight is 384 g/mol. The molecule has 0 N–H and O–H groups in total. The number of nitrogens with zero attached hydrogens (tertiary/aromatic N) is 5. The fourth-order valence-corrected chi connectivity index (χ4v) is 3.11. The summed E-state index contributed by atoms with van der Waals surface area (Å²) in [5.74, 6) is 1.55. The molecular weight excluding hydrogens is 362 g/mol. The van der Waals surface area contributed by atoms with Gasteiger partial charge in [0.05, 0.1) is 30.4 Å². The molecule has 1 saturated heterocycles. The van der Waals surface area contributed by atoms with Gasteiger partial charge in [0.15, 0.2) is 0 Å². The highest BCUT2D eigenvalue weighted by Crippen LogP contribution is 2.27. The maximum Gasteiger partial charge on any atom is 0.236 e. The van der Waals surface area contributed by atoms with Gasteiger partial charge in [-0.2, -0.15) is 5.10 Å². The Morgan fingerprint density at radius 2 is 2.17 bits per heavy atom. The molecule has 0 radical (unpaired) electrons. The third-order valence-electron chi connectivity index (χ3n) is 4.02. The Hall–Kier alpha value is -1.25. The first-order valence-electron chi connectivity index (χ1n) is 7.89. The van der Waals surface area contributed by atoms with Crippen LogP contribution in [0.2, 0.25) is 0 Å². The van der Waals surface area contributed by atoms with E-state index >= 15 is 0 Å². The summed E-state index contributed by atoms with van der Waals surface area (Å²) in [7, 11) is 0. The molecule has 7 nitrogen and oxygen atoms in total. The van der Waals surface area contributed by atoms with Crippen molar-refractivity contribution in [2.24, 2.45) is 0 Å². The highest BCUT2D eigenvalue weighted by Gasteiger charge is 2.32. The number of hydrogen-bond acceptors (Lipinski definition) is 6. The third kappa shape index (κ3) is 3.81. The average Bonchev–Trinajstić information content (AvgIpc) is 3.16. The molecular formula is C15H22BrN5O2. The number of hydrogen-bond donors (Lipinski definition) is 0. The molecule has 1 aliphatic heterocycles. The second-order valence-electron chi connectivity index (χ2n) is 6.19. The van der Waals surface area contributed by atoms with Gasteiger partial charge < -0.3 is 9.15 Å². The predicted octanol–water partition coefficient (Wildman–Crippen LogP) is 2.61. The maximum absolute atomic E-state index is 5.85. The SMILES string of the molecule is CC(C)c1nnc(C2COCCN2C(C)Cn2cc(Br)cn2)o1. The lowest BCUT2D eigenvalue weighted by Gasteiger charge is -2.37. The van der Waals surface area contributed by atoms with Crippen molar-refractivity contribution in [1.82, 2.24) is 24.9 Å².